The van der Waals surface area contributed by atoms with Crippen molar-refractivity contribution in [1.82, 2.24) is 20.4 Å². The first-order valence-corrected chi connectivity index (χ1v) is 17.6. The number of carboxylic acid groups (broad SMARTS) is 1. The van der Waals surface area contributed by atoms with Crippen molar-refractivity contribution in [2.75, 3.05) is 0 Å². The predicted octanol–water partition coefficient (Wildman–Crippen LogP) is 7.25. The molecule has 0 fully saturated rings. The monoisotopic (exact) mass is 698 g/mol. The number of aromatic nitrogens is 2. The Labute approximate surface area is 299 Å². The highest BCUT2D eigenvalue weighted by Crippen LogP contribution is 2.39. The maximum absolute atomic E-state index is 13.8. The number of Topliss-reactive ketones (excluding diaryl/α,β-unsaturated/α-hetero) is 1. The van der Waals surface area contributed by atoms with Gasteiger partial charge in [-0.25, -0.2) is 4.68 Å². The molecule has 0 spiro atoms. The number of ketones is 1. The highest BCUT2D eigenvalue weighted by Gasteiger charge is 2.36. The molecule has 9 nitrogen and oxygen atoms in total. The topological polar surface area (TPSA) is 130 Å². The van der Waals surface area contributed by atoms with Gasteiger partial charge in [-0.1, -0.05) is 99.0 Å². The van der Waals surface area contributed by atoms with Gasteiger partial charge in [-0.2, -0.15) is 5.10 Å². The number of hydrogen-bond acceptors (Lipinski definition) is 5. The molecule has 3 N–H and O–H groups in total. The van der Waals surface area contributed by atoms with E-state index in [-0.39, 0.29) is 12.2 Å². The Kier molecular flexibility index (Phi) is 13.5. The Morgan fingerprint density at radius 1 is 0.940 bits per heavy atom. The summed E-state index contributed by atoms with van der Waals surface area (Å²) in [6.07, 6.45) is 2.79. The highest BCUT2D eigenvalue weighted by atomic mass is 35.5. The fourth-order valence-electron chi connectivity index (χ4n) is 5.72. The first kappa shape index (κ1) is 38.0. The quantitative estimate of drug-likeness (QED) is 0.143. The molecule has 4 aromatic rings. The van der Waals surface area contributed by atoms with Gasteiger partial charge < -0.3 is 15.7 Å². The summed E-state index contributed by atoms with van der Waals surface area (Å²) in [4.78, 5) is 51.4. The fourth-order valence-corrected chi connectivity index (χ4v) is 5.85. The van der Waals surface area contributed by atoms with E-state index in [0.29, 0.717) is 30.0 Å². The number of hydrogen-bond donors (Lipinski definition) is 3. The molecule has 3 unspecified atom stereocenters. The van der Waals surface area contributed by atoms with Crippen LogP contribution in [0.3, 0.4) is 0 Å². The lowest BCUT2D eigenvalue weighted by Gasteiger charge is -2.25. The van der Waals surface area contributed by atoms with Crippen molar-refractivity contribution < 1.29 is 24.3 Å². The number of benzene rings is 3. The molecule has 1 aromatic heterocycles. The normalized spacial score (nSPS) is 14.8. The van der Waals surface area contributed by atoms with E-state index >= 15 is 0 Å². The molecule has 5 rings (SSSR count). The second-order valence-electron chi connectivity index (χ2n) is 13.2. The zero-order valence-electron chi connectivity index (χ0n) is 29.4. The molecule has 3 aromatic carbocycles. The molecule has 1 aliphatic rings. The van der Waals surface area contributed by atoms with Crippen molar-refractivity contribution in [3.63, 3.8) is 0 Å². The summed E-state index contributed by atoms with van der Waals surface area (Å²) in [5, 5.41) is 20.5. The van der Waals surface area contributed by atoms with E-state index in [4.69, 9.17) is 16.7 Å². The van der Waals surface area contributed by atoms with E-state index in [1.807, 2.05) is 90.5 Å². The van der Waals surface area contributed by atoms with E-state index in [2.05, 4.69) is 31.4 Å². The van der Waals surface area contributed by atoms with E-state index in [9.17, 15) is 24.3 Å². The summed E-state index contributed by atoms with van der Waals surface area (Å²) in [6.45, 7) is 10.0. The third-order valence-corrected chi connectivity index (χ3v) is 9.15. The van der Waals surface area contributed by atoms with Gasteiger partial charge in [0.25, 0.3) is 0 Å². The van der Waals surface area contributed by atoms with E-state index in [1.165, 1.54) is 13.3 Å². The summed E-state index contributed by atoms with van der Waals surface area (Å²) < 4.78 is 1.83. The van der Waals surface area contributed by atoms with Crippen molar-refractivity contribution in [2.45, 2.75) is 91.1 Å². The summed E-state index contributed by atoms with van der Waals surface area (Å²) in [7, 11) is 0. The number of rotatable bonds is 12. The first-order valence-electron chi connectivity index (χ1n) is 17.2. The van der Waals surface area contributed by atoms with Crippen molar-refractivity contribution in [1.29, 1.82) is 0 Å². The average Bonchev–Trinajstić information content (AvgIpc) is 3.48. The summed E-state index contributed by atoms with van der Waals surface area (Å²) in [6, 6.07) is 22.3. The summed E-state index contributed by atoms with van der Waals surface area (Å²) in [5.41, 5.74) is 6.02. The average molecular weight is 699 g/mol. The molecule has 2 amide bonds. The van der Waals surface area contributed by atoms with Gasteiger partial charge in [0.1, 0.15) is 6.04 Å². The van der Waals surface area contributed by atoms with Crippen molar-refractivity contribution >= 4 is 35.2 Å². The van der Waals surface area contributed by atoms with Crippen LogP contribution in [-0.4, -0.2) is 50.5 Å². The van der Waals surface area contributed by atoms with Crippen molar-refractivity contribution in [2.24, 2.45) is 5.92 Å². The molecular weight excluding hydrogens is 652 g/mol. The molecule has 1 heterocycles. The summed E-state index contributed by atoms with van der Waals surface area (Å²) >= 11 is 6.19. The lowest BCUT2D eigenvalue weighted by molar-refractivity contribution is -0.141. The third kappa shape index (κ3) is 10.1. The number of aliphatic carboxylic acids is 1. The number of carbonyl (C=O) groups is 4. The van der Waals surface area contributed by atoms with Crippen LogP contribution >= 0.6 is 11.6 Å². The van der Waals surface area contributed by atoms with Crippen molar-refractivity contribution in [3.05, 3.63) is 106 Å². The number of amides is 2. The van der Waals surface area contributed by atoms with Gasteiger partial charge in [-0.15, -0.1) is 0 Å². The van der Waals surface area contributed by atoms with E-state index < -0.39 is 42.2 Å². The highest BCUT2D eigenvalue weighted by molar-refractivity contribution is 6.30. The van der Waals surface area contributed by atoms with Gasteiger partial charge in [0.2, 0.25) is 11.8 Å². The Bertz CT molecular complexity index is 1770. The Morgan fingerprint density at radius 3 is 2.16 bits per heavy atom. The zero-order chi connectivity index (χ0) is 36.4. The number of nitrogens with zero attached hydrogens (tertiary/aromatic N) is 2. The van der Waals surface area contributed by atoms with Crippen LogP contribution in [0.5, 0.6) is 0 Å². The van der Waals surface area contributed by atoms with E-state index in [0.717, 1.165) is 39.6 Å². The largest absolute Gasteiger partial charge is 0.481 e. The SMILES string of the molecule is CC(=O)C(Cc1ccccc1)NC(=O)C(CC(=O)O)NC(=O)C1CCCc2c1nn(-c1ccc(C)cc1)c2-c1ccc(Cl)cc1.CCC(C)C. The molecule has 264 valence electrons. The minimum absolute atomic E-state index is 0.242. The standard InChI is InChI=1S/C35H35ClN4O5.C5H12/c1-21-11-17-26(18-12-21)40-33(24-13-15-25(36)16-14-24)27-9-6-10-28(32(27)39-40)34(44)38-30(20-31(42)43)35(45)37-29(22(2)41)19-23-7-4-3-5-8-23;1-4-5(2)3/h3-5,7-8,11-18,28-30H,6,9-10,19-20H2,1-2H3,(H,37,45)(H,38,44)(H,42,43);5H,4H2,1-3H3. The van der Waals surface area contributed by atoms with Crippen LogP contribution in [0.4, 0.5) is 0 Å². The molecule has 0 saturated carbocycles. The Balaban J connectivity index is 0.00000105. The van der Waals surface area contributed by atoms with Gasteiger partial charge >= 0.3 is 5.97 Å². The lowest BCUT2D eigenvalue weighted by Crippen LogP contribution is -2.53. The fraction of sp³-hybridized carbons (Fsp3) is 0.375. The maximum Gasteiger partial charge on any atom is 0.305 e. The second kappa shape index (κ2) is 17.8. The smallest absolute Gasteiger partial charge is 0.305 e. The molecule has 0 aliphatic heterocycles. The number of nitrogens with one attached hydrogen (secondary N) is 2. The number of carboxylic acids is 1. The van der Waals surface area contributed by atoms with Crippen molar-refractivity contribution in [3.8, 4) is 16.9 Å². The first-order chi connectivity index (χ1) is 23.9. The molecule has 3 atom stereocenters. The van der Waals surface area contributed by atoms with Gasteiger partial charge in [0.15, 0.2) is 5.78 Å². The predicted molar refractivity (Wildman–Crippen MR) is 196 cm³/mol. The van der Waals surface area contributed by atoms with Gasteiger partial charge in [-0.05, 0) is 75.3 Å². The van der Waals surface area contributed by atoms with Crippen LogP contribution in [0, 0.1) is 12.8 Å². The van der Waals surface area contributed by atoms with Gasteiger partial charge in [-0.3, -0.25) is 19.2 Å². The summed E-state index contributed by atoms with van der Waals surface area (Å²) in [5.74, 6) is -2.57. The molecule has 0 bridgehead atoms. The molecule has 1 aliphatic carbocycles. The molecule has 0 radical (unpaired) electrons. The van der Waals surface area contributed by atoms with Gasteiger partial charge in [0, 0.05) is 16.1 Å². The van der Waals surface area contributed by atoms with Crippen LogP contribution in [0.1, 0.15) is 81.7 Å². The van der Waals surface area contributed by atoms with Crippen LogP contribution in [0.25, 0.3) is 16.9 Å². The van der Waals surface area contributed by atoms with Crippen LogP contribution in [-0.2, 0) is 32.0 Å². The number of halogens is 1. The Morgan fingerprint density at radius 2 is 1.58 bits per heavy atom. The number of fused-ring (bicyclic) bond motifs is 1. The number of carbonyl (C=O) groups excluding carboxylic acids is 3. The van der Waals surface area contributed by atoms with E-state index in [1.54, 1.807) is 0 Å². The minimum Gasteiger partial charge on any atom is -0.481 e. The third-order valence-electron chi connectivity index (χ3n) is 8.89. The molecule has 0 saturated heterocycles. The molecule has 10 heteroatoms. The minimum atomic E-state index is -1.38. The molecular formula is C40H47ClN4O5. The van der Waals surface area contributed by atoms with Crippen LogP contribution in [0.15, 0.2) is 78.9 Å². The van der Waals surface area contributed by atoms with Crippen LogP contribution in [0.2, 0.25) is 5.02 Å². The number of aryl methyl sites for hydroxylation is 1. The lowest BCUT2D eigenvalue weighted by atomic mass is 9.85. The maximum atomic E-state index is 13.8. The Hall–Kier alpha value is -4.76. The van der Waals surface area contributed by atoms with Gasteiger partial charge in [0.05, 0.1) is 35.5 Å². The second-order valence-corrected chi connectivity index (χ2v) is 13.7. The zero-order valence-corrected chi connectivity index (χ0v) is 30.2. The molecule has 50 heavy (non-hydrogen) atoms. The van der Waals surface area contributed by atoms with Crippen LogP contribution < -0.4 is 10.6 Å².